The average Bonchev–Trinajstić information content (AvgIpc) is 2.97. The molecule has 0 unspecified atom stereocenters. The van der Waals surface area contributed by atoms with Gasteiger partial charge in [0.2, 0.25) is 0 Å². The minimum absolute atomic E-state index is 0.130. The summed E-state index contributed by atoms with van der Waals surface area (Å²) in [5, 5.41) is 16.7. The van der Waals surface area contributed by atoms with Gasteiger partial charge in [0.05, 0.1) is 17.7 Å². The van der Waals surface area contributed by atoms with Crippen LogP contribution in [0, 0.1) is 5.82 Å². The van der Waals surface area contributed by atoms with Crippen molar-refractivity contribution in [1.82, 2.24) is 15.5 Å². The number of nitrogens with one attached hydrogen (secondary N) is 2. The number of halogens is 4. The van der Waals surface area contributed by atoms with Crippen molar-refractivity contribution in [2.75, 3.05) is 19.6 Å². The van der Waals surface area contributed by atoms with E-state index >= 15 is 0 Å². The second kappa shape index (κ2) is 15.5. The third-order valence-electron chi connectivity index (χ3n) is 6.77. The molecule has 0 aliphatic heterocycles. The molecule has 2 atom stereocenters. The van der Waals surface area contributed by atoms with Gasteiger partial charge in [-0.05, 0) is 61.2 Å². The van der Waals surface area contributed by atoms with Gasteiger partial charge in [0.15, 0.2) is 0 Å². The van der Waals surface area contributed by atoms with Gasteiger partial charge in [-0.3, -0.25) is 9.59 Å². The highest BCUT2D eigenvalue weighted by molar-refractivity contribution is 5.99. The largest absolute Gasteiger partial charge is 0.416 e. The van der Waals surface area contributed by atoms with E-state index in [0.717, 1.165) is 30.5 Å². The van der Waals surface area contributed by atoms with Crippen LogP contribution < -0.4 is 10.6 Å². The fraction of sp³-hybridized carbons (Fsp3) is 0.375. The number of alkyl halides is 3. The Morgan fingerprint density at radius 2 is 1.57 bits per heavy atom. The van der Waals surface area contributed by atoms with Crippen LogP contribution in [0.2, 0.25) is 0 Å². The Morgan fingerprint density at radius 1 is 0.905 bits per heavy atom. The zero-order chi connectivity index (χ0) is 30.7. The van der Waals surface area contributed by atoms with E-state index in [9.17, 15) is 32.3 Å². The molecule has 3 N–H and O–H groups in total. The first kappa shape index (κ1) is 32.8. The summed E-state index contributed by atoms with van der Waals surface area (Å²) in [7, 11) is 0. The number of nitrogens with zero attached hydrogens (tertiary/aromatic N) is 1. The van der Waals surface area contributed by atoms with Crippen molar-refractivity contribution in [2.24, 2.45) is 0 Å². The summed E-state index contributed by atoms with van der Waals surface area (Å²) < 4.78 is 53.3. The van der Waals surface area contributed by atoms with Crippen LogP contribution in [0.3, 0.4) is 0 Å². The van der Waals surface area contributed by atoms with Crippen LogP contribution >= 0.6 is 0 Å². The summed E-state index contributed by atoms with van der Waals surface area (Å²) in [4.78, 5) is 28.1. The first-order valence-corrected chi connectivity index (χ1v) is 14.0. The molecule has 0 aromatic heterocycles. The third kappa shape index (κ3) is 9.39. The second-order valence-corrected chi connectivity index (χ2v) is 10.1. The maximum absolute atomic E-state index is 14.2. The molecule has 3 aromatic rings. The molecular formula is C32H37F4N3O3. The van der Waals surface area contributed by atoms with E-state index in [1.165, 1.54) is 6.07 Å². The van der Waals surface area contributed by atoms with E-state index < -0.39 is 35.6 Å². The highest BCUT2D eigenvalue weighted by Crippen LogP contribution is 2.30. The van der Waals surface area contributed by atoms with Gasteiger partial charge >= 0.3 is 6.18 Å². The summed E-state index contributed by atoms with van der Waals surface area (Å²) >= 11 is 0. The number of aliphatic hydroxyl groups is 1. The molecule has 0 spiro atoms. The number of rotatable bonds is 14. The Hall–Kier alpha value is -3.76. The Labute approximate surface area is 243 Å². The molecule has 226 valence electrons. The van der Waals surface area contributed by atoms with E-state index in [4.69, 9.17) is 0 Å². The van der Waals surface area contributed by atoms with Gasteiger partial charge in [-0.25, -0.2) is 4.39 Å². The van der Waals surface area contributed by atoms with E-state index in [2.05, 4.69) is 10.6 Å². The molecule has 0 radical (unpaired) electrons. The third-order valence-corrected chi connectivity index (χ3v) is 6.77. The maximum Gasteiger partial charge on any atom is 0.416 e. The molecule has 10 heteroatoms. The van der Waals surface area contributed by atoms with Crippen LogP contribution in [-0.4, -0.2) is 53.6 Å². The molecule has 6 nitrogen and oxygen atoms in total. The second-order valence-electron chi connectivity index (χ2n) is 10.1. The van der Waals surface area contributed by atoms with Gasteiger partial charge in [0.1, 0.15) is 5.82 Å². The monoisotopic (exact) mass is 587 g/mol. The normalized spacial score (nSPS) is 12.9. The lowest BCUT2D eigenvalue weighted by Gasteiger charge is -2.25. The number of amides is 2. The molecule has 0 aliphatic carbocycles. The topological polar surface area (TPSA) is 81.7 Å². The minimum Gasteiger partial charge on any atom is -0.390 e. The van der Waals surface area contributed by atoms with Crippen LogP contribution in [0.1, 0.15) is 64.1 Å². The van der Waals surface area contributed by atoms with Crippen molar-refractivity contribution < 1.29 is 32.3 Å². The predicted octanol–water partition coefficient (Wildman–Crippen LogP) is 5.60. The summed E-state index contributed by atoms with van der Waals surface area (Å²) in [6.45, 7) is 4.80. The molecule has 0 fully saturated rings. The van der Waals surface area contributed by atoms with Crippen LogP contribution in [0.15, 0.2) is 72.8 Å². The number of carbonyl (C=O) groups is 2. The average molecular weight is 588 g/mol. The molecule has 0 saturated carbocycles. The van der Waals surface area contributed by atoms with Crippen molar-refractivity contribution in [3.8, 4) is 0 Å². The number of hydrogen-bond acceptors (Lipinski definition) is 4. The molecule has 3 aromatic carbocycles. The molecule has 0 aliphatic rings. The number of benzene rings is 3. The highest BCUT2D eigenvalue weighted by Gasteiger charge is 2.31. The Bertz CT molecular complexity index is 1310. The lowest BCUT2D eigenvalue weighted by Crippen LogP contribution is -2.48. The smallest absolute Gasteiger partial charge is 0.390 e. The van der Waals surface area contributed by atoms with Crippen molar-refractivity contribution in [1.29, 1.82) is 0 Å². The van der Waals surface area contributed by atoms with E-state index in [-0.39, 0.29) is 36.5 Å². The summed E-state index contributed by atoms with van der Waals surface area (Å²) in [5.74, 6) is -1.46. The maximum atomic E-state index is 14.2. The van der Waals surface area contributed by atoms with Gasteiger partial charge in [-0.15, -0.1) is 0 Å². The Balaban J connectivity index is 1.74. The van der Waals surface area contributed by atoms with Crippen molar-refractivity contribution >= 4 is 11.8 Å². The quantitative estimate of drug-likeness (QED) is 0.215. The Kier molecular flexibility index (Phi) is 12.1. The zero-order valence-electron chi connectivity index (χ0n) is 23.8. The zero-order valence-corrected chi connectivity index (χ0v) is 23.8. The Morgan fingerprint density at radius 3 is 2.21 bits per heavy atom. The molecule has 42 heavy (non-hydrogen) atoms. The molecule has 0 heterocycles. The van der Waals surface area contributed by atoms with Crippen LogP contribution in [0.4, 0.5) is 17.6 Å². The van der Waals surface area contributed by atoms with Gasteiger partial charge < -0.3 is 20.6 Å². The van der Waals surface area contributed by atoms with Crippen LogP contribution in [0.25, 0.3) is 0 Å². The first-order chi connectivity index (χ1) is 20.0. The van der Waals surface area contributed by atoms with E-state index in [1.54, 1.807) is 23.1 Å². The lowest BCUT2D eigenvalue weighted by atomic mass is 10.00. The van der Waals surface area contributed by atoms with Crippen molar-refractivity contribution in [2.45, 2.75) is 58.0 Å². The fourth-order valence-electron chi connectivity index (χ4n) is 4.62. The first-order valence-electron chi connectivity index (χ1n) is 14.0. The summed E-state index contributed by atoms with van der Waals surface area (Å²) in [6, 6.07) is 16.9. The van der Waals surface area contributed by atoms with E-state index in [0.29, 0.717) is 24.7 Å². The van der Waals surface area contributed by atoms with Gasteiger partial charge in [0, 0.05) is 42.9 Å². The highest BCUT2D eigenvalue weighted by atomic mass is 19.4. The minimum atomic E-state index is -4.61. The molecular weight excluding hydrogens is 550 g/mol. The van der Waals surface area contributed by atoms with E-state index in [1.807, 2.05) is 44.2 Å². The van der Waals surface area contributed by atoms with Crippen molar-refractivity contribution in [3.05, 3.63) is 106 Å². The molecule has 0 saturated heterocycles. The van der Waals surface area contributed by atoms with Gasteiger partial charge in [0.25, 0.3) is 11.8 Å². The number of hydrogen-bond donors (Lipinski definition) is 3. The number of aliphatic hydroxyl groups excluding tert-OH is 1. The van der Waals surface area contributed by atoms with Crippen LogP contribution in [0.5, 0.6) is 0 Å². The standard InChI is InChI=1S/C32H37F4N3O3/c1-3-15-39(16-4-2)31(42)24-12-8-11-23(18-24)30(41)38-28(17-22-9-6-5-7-10-22)29(40)21-37-20-25-19-26(32(34,35)36)13-14-27(25)33/h5-14,18-19,28-29,37,40H,3-4,15-17,20-21H2,1-2H3,(H,38,41)/t28-,29+/m0/s1. The number of carbonyl (C=O) groups excluding carboxylic acids is 2. The molecule has 2 amide bonds. The SMILES string of the molecule is CCCN(CCC)C(=O)c1cccc(C(=O)N[C@@H](Cc2ccccc2)[C@H](O)CNCc2cc(C(F)(F)F)ccc2F)c1. The predicted molar refractivity (Wildman–Crippen MR) is 153 cm³/mol. The summed E-state index contributed by atoms with van der Waals surface area (Å²) in [5.41, 5.74) is 0.308. The molecule has 3 rings (SSSR count). The summed E-state index contributed by atoms with van der Waals surface area (Å²) in [6.07, 6.45) is -3.91. The van der Waals surface area contributed by atoms with Gasteiger partial charge in [-0.1, -0.05) is 50.2 Å². The fourth-order valence-corrected chi connectivity index (χ4v) is 4.62. The lowest BCUT2D eigenvalue weighted by molar-refractivity contribution is -0.137. The van der Waals surface area contributed by atoms with Crippen LogP contribution in [-0.2, 0) is 19.1 Å². The molecule has 0 bridgehead atoms. The van der Waals surface area contributed by atoms with Crippen molar-refractivity contribution in [3.63, 3.8) is 0 Å². The van der Waals surface area contributed by atoms with Gasteiger partial charge in [-0.2, -0.15) is 13.2 Å².